The number of carbonyl (C=O) groups is 4. The summed E-state index contributed by atoms with van der Waals surface area (Å²) in [5.41, 5.74) is 3.86. The summed E-state index contributed by atoms with van der Waals surface area (Å²) in [7, 11) is 3.82. The quantitative estimate of drug-likeness (QED) is 0.284. The molecule has 5 rings (SSSR count). The predicted octanol–water partition coefficient (Wildman–Crippen LogP) is 1.54. The maximum absolute atomic E-state index is 13.8. The van der Waals surface area contributed by atoms with E-state index in [0.29, 0.717) is 35.3 Å². The van der Waals surface area contributed by atoms with E-state index < -0.39 is 52.0 Å². The highest BCUT2D eigenvalue weighted by atomic mass is 16.3. The number of rotatable bonds is 6. The van der Waals surface area contributed by atoms with Crippen LogP contribution in [0, 0.1) is 11.8 Å². The molecule has 3 atom stereocenters. The molecule has 0 radical (unpaired) electrons. The van der Waals surface area contributed by atoms with Gasteiger partial charge in [0.1, 0.15) is 22.8 Å². The van der Waals surface area contributed by atoms with E-state index in [1.807, 2.05) is 19.0 Å². The van der Waals surface area contributed by atoms with Crippen LogP contribution in [0.4, 0.5) is 0 Å². The van der Waals surface area contributed by atoms with Crippen LogP contribution in [0.2, 0.25) is 0 Å². The van der Waals surface area contributed by atoms with E-state index in [9.17, 15) is 39.6 Å². The normalized spacial score (nSPS) is 23.7. The van der Waals surface area contributed by atoms with Gasteiger partial charge in [-0.2, -0.15) is 0 Å². The first kappa shape index (κ1) is 28.1. The number of primary amides is 1. The minimum absolute atomic E-state index is 0.0457. The molecule has 0 saturated carbocycles. The number of allylic oxidation sites excluding steroid dienone is 2. The van der Waals surface area contributed by atoms with Crippen LogP contribution >= 0.6 is 0 Å². The van der Waals surface area contributed by atoms with Crippen molar-refractivity contribution in [3.63, 3.8) is 0 Å². The molecule has 3 aliphatic carbocycles. The summed E-state index contributed by atoms with van der Waals surface area (Å²) in [5, 5.41) is 46.4. The summed E-state index contributed by atoms with van der Waals surface area (Å²) < 4.78 is 0. The van der Waals surface area contributed by atoms with Crippen molar-refractivity contribution >= 4 is 23.4 Å². The smallest absolute Gasteiger partial charge is 0.255 e. The van der Waals surface area contributed by atoms with E-state index in [-0.39, 0.29) is 42.1 Å². The average Bonchev–Trinajstić information content (AvgIpc) is 2.90. The predicted molar refractivity (Wildman–Crippen MR) is 147 cm³/mol. The number of phenols is 1. The Kier molecular flexibility index (Phi) is 6.96. The lowest BCUT2D eigenvalue weighted by Crippen LogP contribution is -2.57. The van der Waals surface area contributed by atoms with Gasteiger partial charge in [0.2, 0.25) is 5.78 Å². The first-order valence-corrected chi connectivity index (χ1v) is 13.2. The first-order valence-electron chi connectivity index (χ1n) is 13.2. The third-order valence-electron chi connectivity index (χ3n) is 8.25. The third kappa shape index (κ3) is 4.47. The zero-order valence-corrected chi connectivity index (χ0v) is 22.6. The number of hydrogen-bond acceptors (Lipinski definition) is 9. The molecular weight excluding hydrogens is 530 g/mol. The Morgan fingerprint density at radius 1 is 1.05 bits per heavy atom. The lowest BCUT2D eigenvalue weighted by atomic mass is 9.60. The van der Waals surface area contributed by atoms with Gasteiger partial charge in [0.15, 0.2) is 11.4 Å². The highest BCUT2D eigenvalue weighted by molar-refractivity contribution is 6.24. The number of carbonyl (C=O) groups excluding carboxylic acids is 4. The molecule has 2 amide bonds. The summed E-state index contributed by atoms with van der Waals surface area (Å²) in [4.78, 5) is 53.1. The summed E-state index contributed by atoms with van der Waals surface area (Å²) in [6, 6.07) is 9.84. The number of phenolic OH excluding ortho intramolecular Hbond substituents is 1. The number of hydrogen-bond donors (Lipinski definition) is 6. The Morgan fingerprint density at radius 2 is 1.73 bits per heavy atom. The van der Waals surface area contributed by atoms with Crippen molar-refractivity contribution in [3.8, 4) is 16.9 Å². The Hall–Kier alpha value is -4.48. The fourth-order valence-electron chi connectivity index (χ4n) is 6.19. The number of amides is 2. The van der Waals surface area contributed by atoms with Crippen LogP contribution in [-0.4, -0.2) is 81.5 Å². The molecule has 11 heteroatoms. The molecule has 0 heterocycles. The van der Waals surface area contributed by atoms with E-state index in [4.69, 9.17) is 5.73 Å². The molecule has 0 unspecified atom stereocenters. The second-order valence-corrected chi connectivity index (χ2v) is 11.0. The number of Topliss-reactive ketones (excluding diaryl/α,β-unsaturated/α-hetero) is 2. The standard InChI is InChI=1S/C30H31N3O8/c1-33(2)10-9-32-29(40)15-5-3-14(4-6-15)18-7-8-20(34)23-19(18)12-16-11-17-13-21(35)24(28(31)39)27(38)30(17,41)26(37)22(16)25(23)36/h3-8,16-17,34-35,37,41H,9-13H2,1-2H3,(H2,31,39)(H,32,40)/t16-,17+,30+/m1/s1. The molecule has 0 aliphatic heterocycles. The molecule has 0 bridgehead atoms. The minimum Gasteiger partial charge on any atom is -0.511 e. The zero-order chi connectivity index (χ0) is 29.8. The number of nitrogens with zero attached hydrogens (tertiary/aromatic N) is 1. The van der Waals surface area contributed by atoms with Crippen molar-refractivity contribution in [2.24, 2.45) is 17.6 Å². The monoisotopic (exact) mass is 561 g/mol. The van der Waals surface area contributed by atoms with Crippen LogP contribution in [-0.2, 0) is 16.0 Å². The summed E-state index contributed by atoms with van der Waals surface area (Å²) in [6.07, 6.45) is -0.0602. The number of aliphatic hydroxyl groups excluding tert-OH is 2. The first-order chi connectivity index (χ1) is 19.4. The third-order valence-corrected chi connectivity index (χ3v) is 8.25. The fourth-order valence-corrected chi connectivity index (χ4v) is 6.19. The van der Waals surface area contributed by atoms with Crippen LogP contribution in [0.1, 0.15) is 39.1 Å². The summed E-state index contributed by atoms with van der Waals surface area (Å²) in [6.45, 7) is 1.18. The van der Waals surface area contributed by atoms with Gasteiger partial charge in [-0.15, -0.1) is 0 Å². The van der Waals surface area contributed by atoms with Crippen LogP contribution in [0.25, 0.3) is 11.1 Å². The van der Waals surface area contributed by atoms with Gasteiger partial charge < -0.3 is 36.4 Å². The van der Waals surface area contributed by atoms with Gasteiger partial charge in [0.25, 0.3) is 11.8 Å². The number of likely N-dealkylation sites (N-methyl/N-ethyl adjacent to an activating group) is 1. The minimum atomic E-state index is -2.61. The molecule has 41 heavy (non-hydrogen) atoms. The van der Waals surface area contributed by atoms with Gasteiger partial charge in [-0.25, -0.2) is 0 Å². The van der Waals surface area contributed by atoms with Gasteiger partial charge in [-0.1, -0.05) is 18.2 Å². The number of nitrogens with two attached hydrogens (primary N) is 1. The summed E-state index contributed by atoms with van der Waals surface area (Å²) >= 11 is 0. The van der Waals surface area contributed by atoms with Gasteiger partial charge in [0, 0.05) is 36.6 Å². The fraction of sp³-hybridized carbons (Fsp3) is 0.333. The lowest BCUT2D eigenvalue weighted by molar-refractivity contribution is -0.144. The Balaban J connectivity index is 1.52. The van der Waals surface area contributed by atoms with Gasteiger partial charge >= 0.3 is 0 Å². The van der Waals surface area contributed by atoms with Gasteiger partial charge in [0.05, 0.1) is 5.56 Å². The molecule has 0 aromatic heterocycles. The number of aliphatic hydroxyl groups is 3. The molecule has 2 aromatic carbocycles. The second-order valence-electron chi connectivity index (χ2n) is 11.0. The number of fused-ring (bicyclic) bond motifs is 3. The molecule has 0 saturated heterocycles. The van der Waals surface area contributed by atoms with Gasteiger partial charge in [-0.05, 0) is 67.7 Å². The highest BCUT2D eigenvalue weighted by Gasteiger charge is 2.59. The Labute approximate surface area is 235 Å². The van der Waals surface area contributed by atoms with E-state index in [0.717, 1.165) is 0 Å². The van der Waals surface area contributed by atoms with E-state index in [2.05, 4.69) is 5.32 Å². The molecular formula is C30H31N3O8. The van der Waals surface area contributed by atoms with E-state index in [1.54, 1.807) is 30.3 Å². The van der Waals surface area contributed by atoms with Crippen molar-refractivity contribution < 1.29 is 39.6 Å². The van der Waals surface area contributed by atoms with E-state index >= 15 is 0 Å². The van der Waals surface area contributed by atoms with Crippen LogP contribution in [0.15, 0.2) is 59.1 Å². The molecule has 7 N–H and O–H groups in total. The van der Waals surface area contributed by atoms with E-state index in [1.165, 1.54) is 6.07 Å². The topological polar surface area (TPSA) is 190 Å². The van der Waals surface area contributed by atoms with Crippen molar-refractivity contribution in [1.29, 1.82) is 0 Å². The maximum atomic E-state index is 13.8. The van der Waals surface area contributed by atoms with Crippen LogP contribution in [0.5, 0.6) is 5.75 Å². The van der Waals surface area contributed by atoms with Crippen LogP contribution in [0.3, 0.4) is 0 Å². The highest BCUT2D eigenvalue weighted by Crippen LogP contribution is 2.52. The average molecular weight is 562 g/mol. The Bertz CT molecular complexity index is 1560. The molecule has 2 aromatic rings. The molecule has 214 valence electrons. The summed E-state index contributed by atoms with van der Waals surface area (Å²) in [5.74, 6) is -6.91. The largest absolute Gasteiger partial charge is 0.511 e. The van der Waals surface area contributed by atoms with Crippen molar-refractivity contribution in [2.75, 3.05) is 27.2 Å². The lowest BCUT2D eigenvalue weighted by Gasteiger charge is -2.45. The van der Waals surface area contributed by atoms with Crippen molar-refractivity contribution in [3.05, 3.63) is 75.8 Å². The Morgan fingerprint density at radius 3 is 2.37 bits per heavy atom. The second kappa shape index (κ2) is 10.2. The number of benzene rings is 2. The molecule has 0 spiro atoms. The number of nitrogens with one attached hydrogen (secondary N) is 1. The molecule has 3 aliphatic rings. The number of aromatic hydroxyl groups is 1. The van der Waals surface area contributed by atoms with Crippen molar-refractivity contribution in [1.82, 2.24) is 10.2 Å². The number of ketones is 2. The van der Waals surface area contributed by atoms with Crippen LogP contribution < -0.4 is 11.1 Å². The molecule has 0 fully saturated rings. The zero-order valence-electron chi connectivity index (χ0n) is 22.6. The van der Waals surface area contributed by atoms with Gasteiger partial charge in [-0.3, -0.25) is 19.2 Å². The maximum Gasteiger partial charge on any atom is 0.255 e. The molecule has 11 nitrogen and oxygen atoms in total. The SMILES string of the molecule is CN(C)CCNC(=O)c1ccc(-c2ccc(O)c3c2C[C@H]2C[C@H]4CC(O)=C(C(N)=O)C(=O)[C@@]4(O)C(O)=C2C3=O)cc1. The van der Waals surface area contributed by atoms with Crippen molar-refractivity contribution in [2.45, 2.75) is 24.9 Å².